The van der Waals surface area contributed by atoms with Crippen LogP contribution in [0.1, 0.15) is 24.5 Å². The predicted molar refractivity (Wildman–Crippen MR) is 102 cm³/mol. The zero-order valence-corrected chi connectivity index (χ0v) is 16.2. The Labute approximate surface area is 160 Å². The maximum Gasteiger partial charge on any atom is 0.257 e. The van der Waals surface area contributed by atoms with Crippen LogP contribution in [0.3, 0.4) is 0 Å². The van der Waals surface area contributed by atoms with Crippen LogP contribution in [0, 0.1) is 6.92 Å². The third kappa shape index (κ3) is 3.70. The van der Waals surface area contributed by atoms with Crippen LogP contribution >= 0.6 is 15.9 Å². The Morgan fingerprint density at radius 3 is 2.31 bits per heavy atom. The second kappa shape index (κ2) is 7.41. The lowest BCUT2D eigenvalue weighted by atomic mass is 10.1. The molecule has 1 saturated heterocycles. The van der Waals surface area contributed by atoms with Crippen molar-refractivity contribution in [3.05, 3.63) is 64.1 Å². The molecule has 0 saturated carbocycles. The van der Waals surface area contributed by atoms with Crippen molar-refractivity contribution >= 4 is 39.3 Å². The van der Waals surface area contributed by atoms with Crippen molar-refractivity contribution in [3.8, 4) is 0 Å². The zero-order valence-electron chi connectivity index (χ0n) is 14.6. The summed E-state index contributed by atoms with van der Waals surface area (Å²) in [4.78, 5) is 40.2. The SMILES string of the molecule is CC(=O)N(Cc1ccc(C)cc1)C1CC(=O)N(c2ccc(Br)cc2)C1=O. The van der Waals surface area contributed by atoms with E-state index in [9.17, 15) is 14.4 Å². The predicted octanol–water partition coefficient (Wildman–Crippen LogP) is 3.44. The molecule has 2 aromatic carbocycles. The molecule has 0 radical (unpaired) electrons. The topological polar surface area (TPSA) is 57.7 Å². The molecule has 26 heavy (non-hydrogen) atoms. The molecule has 2 aromatic rings. The first-order chi connectivity index (χ1) is 12.4. The highest BCUT2D eigenvalue weighted by molar-refractivity contribution is 9.10. The Hall–Kier alpha value is -2.47. The Balaban J connectivity index is 1.85. The molecule has 134 valence electrons. The lowest BCUT2D eigenvalue weighted by Crippen LogP contribution is -2.44. The summed E-state index contributed by atoms with van der Waals surface area (Å²) in [5.41, 5.74) is 2.56. The fraction of sp³-hybridized carbons (Fsp3) is 0.250. The van der Waals surface area contributed by atoms with Crippen LogP contribution in [0.2, 0.25) is 0 Å². The second-order valence-electron chi connectivity index (χ2n) is 6.40. The summed E-state index contributed by atoms with van der Waals surface area (Å²) >= 11 is 3.34. The average Bonchev–Trinajstić information content (AvgIpc) is 2.89. The molecule has 0 aliphatic carbocycles. The van der Waals surface area contributed by atoms with Gasteiger partial charge in [-0.1, -0.05) is 45.8 Å². The summed E-state index contributed by atoms with van der Waals surface area (Å²) < 4.78 is 0.863. The van der Waals surface area contributed by atoms with E-state index in [1.54, 1.807) is 24.3 Å². The summed E-state index contributed by atoms with van der Waals surface area (Å²) in [6.07, 6.45) is 0.000336. The van der Waals surface area contributed by atoms with Crippen molar-refractivity contribution in [2.24, 2.45) is 0 Å². The van der Waals surface area contributed by atoms with E-state index in [1.165, 1.54) is 16.7 Å². The van der Waals surface area contributed by atoms with Crippen LogP contribution in [-0.2, 0) is 20.9 Å². The summed E-state index contributed by atoms with van der Waals surface area (Å²) in [6, 6.07) is 14.0. The molecular formula is C20H19BrN2O3. The van der Waals surface area contributed by atoms with E-state index in [0.717, 1.165) is 15.6 Å². The molecule has 0 N–H and O–H groups in total. The monoisotopic (exact) mass is 414 g/mol. The van der Waals surface area contributed by atoms with Crippen molar-refractivity contribution in [3.63, 3.8) is 0 Å². The van der Waals surface area contributed by atoms with Crippen molar-refractivity contribution in [2.45, 2.75) is 32.9 Å². The summed E-state index contributed by atoms with van der Waals surface area (Å²) in [5, 5.41) is 0. The normalized spacial score (nSPS) is 16.9. The second-order valence-corrected chi connectivity index (χ2v) is 7.31. The van der Waals surface area contributed by atoms with Gasteiger partial charge in [-0.15, -0.1) is 0 Å². The van der Waals surface area contributed by atoms with Crippen LogP contribution in [-0.4, -0.2) is 28.7 Å². The molecule has 0 spiro atoms. The summed E-state index contributed by atoms with van der Waals surface area (Å²) in [5.74, 6) is -0.883. The van der Waals surface area contributed by atoms with E-state index in [4.69, 9.17) is 0 Å². The lowest BCUT2D eigenvalue weighted by molar-refractivity contribution is -0.137. The molecule has 5 nitrogen and oxygen atoms in total. The highest BCUT2D eigenvalue weighted by atomic mass is 79.9. The first-order valence-corrected chi connectivity index (χ1v) is 9.11. The minimum atomic E-state index is -0.773. The largest absolute Gasteiger partial charge is 0.326 e. The molecule has 1 unspecified atom stereocenters. The molecule has 3 rings (SSSR count). The molecule has 0 aromatic heterocycles. The summed E-state index contributed by atoms with van der Waals surface area (Å²) in [7, 11) is 0. The number of nitrogens with zero attached hydrogens (tertiary/aromatic N) is 2. The maximum absolute atomic E-state index is 12.9. The smallest absolute Gasteiger partial charge is 0.257 e. The first kappa shape index (κ1) is 18.3. The molecular weight excluding hydrogens is 396 g/mol. The Kier molecular flexibility index (Phi) is 5.23. The van der Waals surface area contributed by atoms with Gasteiger partial charge in [0.15, 0.2) is 0 Å². The number of hydrogen-bond acceptors (Lipinski definition) is 3. The fourth-order valence-corrected chi connectivity index (χ4v) is 3.32. The number of rotatable bonds is 4. The van der Waals surface area contributed by atoms with Crippen LogP contribution in [0.4, 0.5) is 5.69 Å². The van der Waals surface area contributed by atoms with E-state index in [0.29, 0.717) is 12.2 Å². The standard InChI is InChI=1S/C20H19BrN2O3/c1-13-3-5-15(6-4-13)12-22(14(2)24)18-11-19(25)23(20(18)26)17-9-7-16(21)8-10-17/h3-10,18H,11-12H2,1-2H3. The van der Waals surface area contributed by atoms with Gasteiger partial charge in [-0.2, -0.15) is 0 Å². The molecule has 1 fully saturated rings. The minimum absolute atomic E-state index is 0.000336. The molecule has 1 heterocycles. The first-order valence-electron chi connectivity index (χ1n) is 8.32. The van der Waals surface area contributed by atoms with Crippen molar-refractivity contribution < 1.29 is 14.4 Å². The number of imide groups is 1. The molecule has 1 atom stereocenters. The molecule has 3 amide bonds. The van der Waals surface area contributed by atoms with Gasteiger partial charge in [0.25, 0.3) is 5.91 Å². The van der Waals surface area contributed by atoms with Gasteiger partial charge in [0.2, 0.25) is 11.8 Å². The third-order valence-corrected chi connectivity index (χ3v) is 4.99. The number of hydrogen-bond donors (Lipinski definition) is 0. The van der Waals surface area contributed by atoms with Gasteiger partial charge in [0.05, 0.1) is 12.1 Å². The Morgan fingerprint density at radius 1 is 1.12 bits per heavy atom. The van der Waals surface area contributed by atoms with Gasteiger partial charge in [0.1, 0.15) is 6.04 Å². The van der Waals surface area contributed by atoms with E-state index in [-0.39, 0.29) is 24.1 Å². The van der Waals surface area contributed by atoms with E-state index in [1.807, 2.05) is 31.2 Å². The maximum atomic E-state index is 12.9. The van der Waals surface area contributed by atoms with Crippen molar-refractivity contribution in [1.29, 1.82) is 0 Å². The zero-order chi connectivity index (χ0) is 18.8. The number of amides is 3. The highest BCUT2D eigenvalue weighted by Gasteiger charge is 2.43. The van der Waals surface area contributed by atoms with Gasteiger partial charge in [-0.25, -0.2) is 4.90 Å². The fourth-order valence-electron chi connectivity index (χ4n) is 3.05. The van der Waals surface area contributed by atoms with Gasteiger partial charge >= 0.3 is 0 Å². The molecule has 6 heteroatoms. The number of carbonyl (C=O) groups excluding carboxylic acids is 3. The number of carbonyl (C=O) groups is 3. The summed E-state index contributed by atoms with van der Waals surface area (Å²) in [6.45, 7) is 3.71. The Morgan fingerprint density at radius 2 is 1.73 bits per heavy atom. The van der Waals surface area contributed by atoms with Gasteiger partial charge in [0, 0.05) is 17.9 Å². The molecule has 1 aliphatic rings. The number of halogens is 1. The third-order valence-electron chi connectivity index (χ3n) is 4.46. The van der Waals surface area contributed by atoms with Crippen molar-refractivity contribution in [1.82, 2.24) is 4.90 Å². The number of anilines is 1. The highest BCUT2D eigenvalue weighted by Crippen LogP contribution is 2.28. The van der Waals surface area contributed by atoms with Crippen LogP contribution < -0.4 is 4.90 Å². The molecule has 1 aliphatic heterocycles. The lowest BCUT2D eigenvalue weighted by Gasteiger charge is -2.26. The molecule has 0 bridgehead atoms. The van der Waals surface area contributed by atoms with Gasteiger partial charge < -0.3 is 4.90 Å². The Bertz CT molecular complexity index is 846. The number of benzene rings is 2. The van der Waals surface area contributed by atoms with Crippen LogP contribution in [0.25, 0.3) is 0 Å². The van der Waals surface area contributed by atoms with Crippen molar-refractivity contribution in [2.75, 3.05) is 4.90 Å². The number of aryl methyl sites for hydroxylation is 1. The van der Waals surface area contributed by atoms with Gasteiger partial charge in [-0.3, -0.25) is 14.4 Å². The van der Waals surface area contributed by atoms with Crippen LogP contribution in [0.15, 0.2) is 53.0 Å². The quantitative estimate of drug-likeness (QED) is 0.719. The minimum Gasteiger partial charge on any atom is -0.326 e. The van der Waals surface area contributed by atoms with E-state index >= 15 is 0 Å². The average molecular weight is 415 g/mol. The van der Waals surface area contributed by atoms with E-state index in [2.05, 4.69) is 15.9 Å². The van der Waals surface area contributed by atoms with E-state index < -0.39 is 6.04 Å². The van der Waals surface area contributed by atoms with Crippen LogP contribution in [0.5, 0.6) is 0 Å². The van der Waals surface area contributed by atoms with Gasteiger partial charge in [-0.05, 0) is 36.8 Å².